The van der Waals surface area contributed by atoms with E-state index >= 15 is 0 Å². The first-order valence-electron chi connectivity index (χ1n) is 5.29. The standard InChI is InChI=1S/C11H13FN2O2/c12-9-5-4-8(6-10(9)14(15)16)11(13)7-2-1-3-7/h4-7,11H,1-3,13H2/t11-/m0/s1. The first kappa shape index (κ1) is 11.0. The molecule has 0 spiro atoms. The summed E-state index contributed by atoms with van der Waals surface area (Å²) in [5, 5.41) is 10.6. The lowest BCUT2D eigenvalue weighted by Gasteiger charge is -2.31. The molecule has 2 rings (SSSR count). The van der Waals surface area contributed by atoms with Crippen LogP contribution < -0.4 is 5.73 Å². The third kappa shape index (κ3) is 1.90. The lowest BCUT2D eigenvalue weighted by molar-refractivity contribution is -0.387. The molecule has 1 atom stereocenters. The molecule has 86 valence electrons. The number of benzene rings is 1. The van der Waals surface area contributed by atoms with Crippen LogP contribution in [0.15, 0.2) is 18.2 Å². The molecule has 0 unspecified atom stereocenters. The van der Waals surface area contributed by atoms with Gasteiger partial charge >= 0.3 is 5.69 Å². The summed E-state index contributed by atoms with van der Waals surface area (Å²) in [5.41, 5.74) is 6.13. The molecule has 1 saturated carbocycles. The van der Waals surface area contributed by atoms with Gasteiger partial charge in [0.15, 0.2) is 0 Å². The van der Waals surface area contributed by atoms with Crippen molar-refractivity contribution in [3.8, 4) is 0 Å². The van der Waals surface area contributed by atoms with Gasteiger partial charge in [0.1, 0.15) is 0 Å². The Morgan fingerprint density at radius 3 is 2.69 bits per heavy atom. The number of nitrogens with zero attached hydrogens (tertiary/aromatic N) is 1. The van der Waals surface area contributed by atoms with Crippen molar-refractivity contribution in [1.29, 1.82) is 0 Å². The van der Waals surface area contributed by atoms with E-state index < -0.39 is 16.4 Å². The molecule has 0 aliphatic heterocycles. The van der Waals surface area contributed by atoms with Gasteiger partial charge in [-0.1, -0.05) is 12.5 Å². The van der Waals surface area contributed by atoms with Gasteiger partial charge in [-0.2, -0.15) is 4.39 Å². The molecule has 0 saturated heterocycles. The Morgan fingerprint density at radius 1 is 1.50 bits per heavy atom. The maximum absolute atomic E-state index is 13.1. The monoisotopic (exact) mass is 224 g/mol. The van der Waals surface area contributed by atoms with E-state index in [0.29, 0.717) is 11.5 Å². The van der Waals surface area contributed by atoms with Crippen molar-refractivity contribution < 1.29 is 9.31 Å². The molecule has 1 aliphatic carbocycles. The fourth-order valence-corrected chi connectivity index (χ4v) is 1.95. The van der Waals surface area contributed by atoms with E-state index in [4.69, 9.17) is 5.73 Å². The first-order valence-corrected chi connectivity index (χ1v) is 5.29. The average Bonchev–Trinajstić information content (AvgIpc) is 2.15. The highest BCUT2D eigenvalue weighted by Crippen LogP contribution is 2.37. The number of hydrogen-bond acceptors (Lipinski definition) is 3. The molecule has 1 fully saturated rings. The Morgan fingerprint density at radius 2 is 2.19 bits per heavy atom. The minimum Gasteiger partial charge on any atom is -0.324 e. The molecule has 5 heteroatoms. The largest absolute Gasteiger partial charge is 0.324 e. The van der Waals surface area contributed by atoms with Gasteiger partial charge in [-0.3, -0.25) is 10.1 Å². The van der Waals surface area contributed by atoms with Crippen LogP contribution in [0.3, 0.4) is 0 Å². The second-order valence-electron chi connectivity index (χ2n) is 4.18. The van der Waals surface area contributed by atoms with Crippen molar-refractivity contribution in [2.75, 3.05) is 0 Å². The van der Waals surface area contributed by atoms with Crippen LogP contribution in [0.5, 0.6) is 0 Å². The van der Waals surface area contributed by atoms with E-state index in [2.05, 4.69) is 0 Å². The summed E-state index contributed by atoms with van der Waals surface area (Å²) in [5.74, 6) is -0.431. The van der Waals surface area contributed by atoms with Crippen molar-refractivity contribution in [3.05, 3.63) is 39.7 Å². The Balaban J connectivity index is 2.27. The normalized spacial score (nSPS) is 17.9. The summed E-state index contributed by atoms with van der Waals surface area (Å²) in [6, 6.07) is 3.68. The summed E-state index contributed by atoms with van der Waals surface area (Å²) in [4.78, 5) is 9.86. The molecule has 1 aliphatic rings. The van der Waals surface area contributed by atoms with Crippen LogP contribution in [-0.2, 0) is 0 Å². The summed E-state index contributed by atoms with van der Waals surface area (Å²) < 4.78 is 13.1. The van der Waals surface area contributed by atoms with Crippen LogP contribution in [0, 0.1) is 21.8 Å². The Hall–Kier alpha value is -1.49. The van der Waals surface area contributed by atoms with Crippen molar-refractivity contribution in [2.24, 2.45) is 11.7 Å². The maximum Gasteiger partial charge on any atom is 0.305 e. The van der Waals surface area contributed by atoms with Gasteiger partial charge in [0, 0.05) is 12.1 Å². The average molecular weight is 224 g/mol. The molecule has 0 heterocycles. The fourth-order valence-electron chi connectivity index (χ4n) is 1.95. The lowest BCUT2D eigenvalue weighted by atomic mass is 9.77. The zero-order chi connectivity index (χ0) is 11.7. The van der Waals surface area contributed by atoms with E-state index in [0.717, 1.165) is 25.3 Å². The first-order chi connectivity index (χ1) is 7.59. The van der Waals surface area contributed by atoms with Gasteiger partial charge < -0.3 is 5.73 Å². The van der Waals surface area contributed by atoms with Crippen molar-refractivity contribution in [2.45, 2.75) is 25.3 Å². The SMILES string of the molecule is N[C@H](c1ccc(F)c([N+](=O)[O-])c1)C1CCC1. The predicted octanol–water partition coefficient (Wildman–Crippen LogP) is 2.53. The van der Waals surface area contributed by atoms with E-state index in [1.807, 2.05) is 0 Å². The van der Waals surface area contributed by atoms with Crippen LogP contribution in [0.1, 0.15) is 30.9 Å². The lowest BCUT2D eigenvalue weighted by Crippen LogP contribution is -2.26. The number of rotatable bonds is 3. The summed E-state index contributed by atoms with van der Waals surface area (Å²) in [7, 11) is 0. The molecule has 4 nitrogen and oxygen atoms in total. The van der Waals surface area contributed by atoms with Gasteiger partial charge in [0.05, 0.1) is 4.92 Å². The molecule has 0 radical (unpaired) electrons. The molecular formula is C11H13FN2O2. The number of nitro groups is 1. The summed E-state index contributed by atoms with van der Waals surface area (Å²) in [6.45, 7) is 0. The van der Waals surface area contributed by atoms with E-state index in [1.165, 1.54) is 12.1 Å². The van der Waals surface area contributed by atoms with E-state index in [-0.39, 0.29) is 6.04 Å². The third-order valence-corrected chi connectivity index (χ3v) is 3.21. The van der Waals surface area contributed by atoms with Gasteiger partial charge in [-0.05, 0) is 30.4 Å². The molecule has 0 amide bonds. The highest BCUT2D eigenvalue weighted by Gasteiger charge is 2.27. The van der Waals surface area contributed by atoms with Gasteiger partial charge in [0.25, 0.3) is 0 Å². The Kier molecular flexibility index (Phi) is 2.87. The number of hydrogen-bond donors (Lipinski definition) is 1. The molecule has 16 heavy (non-hydrogen) atoms. The predicted molar refractivity (Wildman–Crippen MR) is 57.3 cm³/mol. The van der Waals surface area contributed by atoms with E-state index in [9.17, 15) is 14.5 Å². The Labute approximate surface area is 92.4 Å². The molecule has 1 aromatic rings. The van der Waals surface area contributed by atoms with Gasteiger partial charge in [-0.25, -0.2) is 0 Å². The van der Waals surface area contributed by atoms with Crippen LogP contribution in [0.4, 0.5) is 10.1 Å². The Bertz CT molecular complexity index is 418. The zero-order valence-electron chi connectivity index (χ0n) is 8.73. The molecule has 2 N–H and O–H groups in total. The van der Waals surface area contributed by atoms with Crippen LogP contribution in [-0.4, -0.2) is 4.92 Å². The topological polar surface area (TPSA) is 69.2 Å². The minimum absolute atomic E-state index is 0.215. The van der Waals surface area contributed by atoms with Crippen molar-refractivity contribution in [3.63, 3.8) is 0 Å². The summed E-state index contributed by atoms with van der Waals surface area (Å²) >= 11 is 0. The molecule has 1 aromatic carbocycles. The highest BCUT2D eigenvalue weighted by molar-refractivity contribution is 5.37. The quantitative estimate of drug-likeness (QED) is 0.633. The smallest absolute Gasteiger partial charge is 0.305 e. The number of nitro benzene ring substituents is 1. The number of halogens is 1. The zero-order valence-corrected chi connectivity index (χ0v) is 8.73. The minimum atomic E-state index is -0.811. The van der Waals surface area contributed by atoms with Gasteiger partial charge in [0.2, 0.25) is 5.82 Å². The van der Waals surface area contributed by atoms with E-state index in [1.54, 1.807) is 0 Å². The number of nitrogens with two attached hydrogens (primary N) is 1. The van der Waals surface area contributed by atoms with Crippen molar-refractivity contribution in [1.82, 2.24) is 0 Å². The molecule has 0 aromatic heterocycles. The summed E-state index contributed by atoms with van der Waals surface area (Å²) in [6.07, 6.45) is 3.25. The van der Waals surface area contributed by atoms with Gasteiger partial charge in [-0.15, -0.1) is 0 Å². The van der Waals surface area contributed by atoms with Crippen LogP contribution in [0.25, 0.3) is 0 Å². The molecular weight excluding hydrogens is 211 g/mol. The molecule has 0 bridgehead atoms. The highest BCUT2D eigenvalue weighted by atomic mass is 19.1. The van der Waals surface area contributed by atoms with Crippen molar-refractivity contribution >= 4 is 5.69 Å². The van der Waals surface area contributed by atoms with Crippen LogP contribution in [0.2, 0.25) is 0 Å². The van der Waals surface area contributed by atoms with Crippen LogP contribution >= 0.6 is 0 Å². The fraction of sp³-hybridized carbons (Fsp3) is 0.455. The second-order valence-corrected chi connectivity index (χ2v) is 4.18. The second kappa shape index (κ2) is 4.17. The third-order valence-electron chi connectivity index (χ3n) is 3.21. The maximum atomic E-state index is 13.1.